The van der Waals surface area contributed by atoms with Gasteiger partial charge in [-0.1, -0.05) is 31.5 Å². The van der Waals surface area contributed by atoms with Crippen LogP contribution < -0.4 is 9.47 Å². The minimum Gasteiger partial charge on any atom is -0.492 e. The zero-order valence-electron chi connectivity index (χ0n) is 15.7. The van der Waals surface area contributed by atoms with Crippen LogP contribution in [0.1, 0.15) is 44.4 Å². The van der Waals surface area contributed by atoms with Crippen molar-refractivity contribution in [3.8, 4) is 11.5 Å². The molecule has 0 aromatic heterocycles. The molecule has 1 N–H and O–H groups in total. The molecule has 0 fully saturated rings. The molecule has 6 heteroatoms. The van der Waals surface area contributed by atoms with E-state index in [9.17, 15) is 14.3 Å². The molecule has 0 bridgehead atoms. The van der Waals surface area contributed by atoms with Gasteiger partial charge in [-0.25, -0.2) is 4.39 Å². The van der Waals surface area contributed by atoms with Gasteiger partial charge in [0.25, 0.3) is 0 Å². The smallest absolute Gasteiger partial charge is 0.313 e. The van der Waals surface area contributed by atoms with E-state index in [1.165, 1.54) is 26.0 Å². The number of halogens is 2. The Hall–Kier alpha value is -2.27. The van der Waals surface area contributed by atoms with Crippen LogP contribution in [0.15, 0.2) is 30.3 Å². The van der Waals surface area contributed by atoms with E-state index in [0.717, 1.165) is 16.9 Å². The minimum atomic E-state index is -1.19. The molecule has 0 radical (unpaired) electrons. The molecule has 0 atom stereocenters. The molecule has 1 aliphatic rings. The van der Waals surface area contributed by atoms with E-state index in [-0.39, 0.29) is 17.8 Å². The van der Waals surface area contributed by atoms with Crippen LogP contribution >= 0.6 is 11.6 Å². The molecule has 3 rings (SSSR count). The van der Waals surface area contributed by atoms with E-state index in [0.29, 0.717) is 17.2 Å². The molecule has 0 saturated carbocycles. The predicted octanol–water partition coefficient (Wildman–Crippen LogP) is 5.09. The fraction of sp³-hybridized carbons (Fsp3) is 0.381. The highest BCUT2D eigenvalue weighted by molar-refractivity contribution is 6.30. The van der Waals surface area contributed by atoms with Gasteiger partial charge in [0.2, 0.25) is 0 Å². The number of ether oxygens (including phenoxy) is 2. The van der Waals surface area contributed by atoms with Crippen LogP contribution in [0.4, 0.5) is 4.39 Å². The van der Waals surface area contributed by atoms with Crippen molar-refractivity contribution in [1.29, 1.82) is 0 Å². The molecule has 27 heavy (non-hydrogen) atoms. The van der Waals surface area contributed by atoms with E-state index >= 15 is 0 Å². The van der Waals surface area contributed by atoms with Crippen molar-refractivity contribution in [2.45, 2.75) is 45.1 Å². The first-order valence-corrected chi connectivity index (χ1v) is 9.02. The molecule has 0 amide bonds. The first kappa shape index (κ1) is 19.5. The van der Waals surface area contributed by atoms with E-state index in [2.05, 4.69) is 13.8 Å². The molecule has 0 saturated heterocycles. The quantitative estimate of drug-likeness (QED) is 0.770. The van der Waals surface area contributed by atoms with Crippen LogP contribution in [0.2, 0.25) is 5.02 Å². The van der Waals surface area contributed by atoms with Gasteiger partial charge in [0.15, 0.2) is 11.6 Å². The maximum Gasteiger partial charge on any atom is 0.313 e. The van der Waals surface area contributed by atoms with Gasteiger partial charge in [-0.05, 0) is 43.7 Å². The van der Waals surface area contributed by atoms with Crippen molar-refractivity contribution in [2.24, 2.45) is 0 Å². The van der Waals surface area contributed by atoms with Gasteiger partial charge in [0, 0.05) is 21.6 Å². The normalized spacial score (nSPS) is 15.2. The van der Waals surface area contributed by atoms with Crippen molar-refractivity contribution in [3.05, 3.63) is 57.9 Å². The average molecular weight is 393 g/mol. The summed E-state index contributed by atoms with van der Waals surface area (Å²) in [5, 5.41) is 9.86. The van der Waals surface area contributed by atoms with E-state index in [1.807, 2.05) is 6.07 Å². The highest BCUT2D eigenvalue weighted by Crippen LogP contribution is 2.42. The number of rotatable bonds is 5. The van der Waals surface area contributed by atoms with Crippen LogP contribution in [-0.2, 0) is 22.2 Å². The third kappa shape index (κ3) is 3.61. The molecular formula is C21H22ClFO4. The number of hydrogen-bond donors (Lipinski definition) is 1. The van der Waals surface area contributed by atoms with E-state index in [4.69, 9.17) is 21.1 Å². The third-order valence-corrected chi connectivity index (χ3v) is 5.23. The van der Waals surface area contributed by atoms with Crippen molar-refractivity contribution in [2.75, 3.05) is 6.61 Å². The fourth-order valence-corrected chi connectivity index (χ4v) is 3.29. The Labute approximate surface area is 162 Å². The highest BCUT2D eigenvalue weighted by atomic mass is 35.5. The predicted molar refractivity (Wildman–Crippen MR) is 101 cm³/mol. The monoisotopic (exact) mass is 392 g/mol. The summed E-state index contributed by atoms with van der Waals surface area (Å²) >= 11 is 6.23. The number of hydrogen-bond acceptors (Lipinski definition) is 3. The van der Waals surface area contributed by atoms with Gasteiger partial charge < -0.3 is 14.6 Å². The largest absolute Gasteiger partial charge is 0.492 e. The number of aliphatic carboxylic acids is 1. The molecular weight excluding hydrogens is 371 g/mol. The summed E-state index contributed by atoms with van der Waals surface area (Å²) in [5.41, 5.74) is 0.787. The van der Waals surface area contributed by atoms with Crippen LogP contribution in [-0.4, -0.2) is 17.7 Å². The van der Waals surface area contributed by atoms with Crippen molar-refractivity contribution < 1.29 is 23.8 Å². The average Bonchev–Trinajstić information content (AvgIpc) is 2.88. The molecule has 0 aliphatic carbocycles. The summed E-state index contributed by atoms with van der Waals surface area (Å²) in [7, 11) is 0. The number of carbonyl (C=O) groups is 1. The van der Waals surface area contributed by atoms with Crippen LogP contribution in [0.5, 0.6) is 11.5 Å². The second-order valence-electron chi connectivity index (χ2n) is 7.98. The zero-order valence-corrected chi connectivity index (χ0v) is 16.5. The lowest BCUT2D eigenvalue weighted by atomic mass is 9.85. The highest BCUT2D eigenvalue weighted by Gasteiger charge is 2.34. The van der Waals surface area contributed by atoms with Crippen LogP contribution in [0.3, 0.4) is 0 Å². The Bertz CT molecular complexity index is 905. The van der Waals surface area contributed by atoms with E-state index in [1.54, 1.807) is 12.1 Å². The standard InChI is InChI=1S/C21H22ClFO4/c1-20(2)11-27-18-12(7-14(22)9-15(18)20)10-26-17-6-5-13(8-16(17)23)21(3,4)19(24)25/h5-9H,10-11H2,1-4H3,(H,24,25). The lowest BCUT2D eigenvalue weighted by molar-refractivity contribution is -0.142. The molecule has 144 valence electrons. The van der Waals surface area contributed by atoms with Gasteiger partial charge in [0.1, 0.15) is 12.4 Å². The minimum absolute atomic E-state index is 0.0471. The van der Waals surface area contributed by atoms with Crippen LogP contribution in [0.25, 0.3) is 0 Å². The van der Waals surface area contributed by atoms with E-state index < -0.39 is 17.2 Å². The first-order valence-electron chi connectivity index (χ1n) is 8.64. The summed E-state index contributed by atoms with van der Waals surface area (Å²) < 4.78 is 25.9. The Balaban J connectivity index is 1.84. The maximum atomic E-state index is 14.4. The summed E-state index contributed by atoms with van der Waals surface area (Å²) in [5.74, 6) is -0.856. The summed E-state index contributed by atoms with van der Waals surface area (Å²) in [6, 6.07) is 7.85. The number of fused-ring (bicyclic) bond motifs is 1. The van der Waals surface area contributed by atoms with Gasteiger partial charge in [-0.2, -0.15) is 0 Å². The lowest BCUT2D eigenvalue weighted by Crippen LogP contribution is -2.28. The summed E-state index contributed by atoms with van der Waals surface area (Å²) in [6.07, 6.45) is 0. The summed E-state index contributed by atoms with van der Waals surface area (Å²) in [4.78, 5) is 11.3. The zero-order chi connectivity index (χ0) is 20.0. The van der Waals surface area contributed by atoms with Gasteiger partial charge >= 0.3 is 5.97 Å². The maximum absolute atomic E-state index is 14.4. The second kappa shape index (κ2) is 6.71. The second-order valence-corrected chi connectivity index (χ2v) is 8.41. The van der Waals surface area contributed by atoms with Crippen molar-refractivity contribution in [3.63, 3.8) is 0 Å². The SMILES string of the molecule is CC1(C)COc2c(COc3ccc(C(C)(C)C(=O)O)cc3F)cc(Cl)cc21. The van der Waals surface area contributed by atoms with Crippen molar-refractivity contribution >= 4 is 17.6 Å². The Kier molecular flexibility index (Phi) is 4.85. The first-order chi connectivity index (χ1) is 12.5. The number of benzene rings is 2. The fourth-order valence-electron chi connectivity index (χ4n) is 3.05. The Morgan fingerprint density at radius 2 is 2.04 bits per heavy atom. The molecule has 0 spiro atoms. The van der Waals surface area contributed by atoms with Gasteiger partial charge in [0.05, 0.1) is 12.0 Å². The van der Waals surface area contributed by atoms with Gasteiger partial charge in [-0.3, -0.25) is 4.79 Å². The van der Waals surface area contributed by atoms with Crippen LogP contribution in [0, 0.1) is 5.82 Å². The Morgan fingerprint density at radius 3 is 2.67 bits per heavy atom. The molecule has 2 aromatic carbocycles. The molecule has 2 aromatic rings. The number of carboxylic acids is 1. The topological polar surface area (TPSA) is 55.8 Å². The number of carboxylic acid groups (broad SMARTS) is 1. The van der Waals surface area contributed by atoms with Gasteiger partial charge in [-0.15, -0.1) is 0 Å². The van der Waals surface area contributed by atoms with Crippen molar-refractivity contribution in [1.82, 2.24) is 0 Å². The molecule has 0 unspecified atom stereocenters. The lowest BCUT2D eigenvalue weighted by Gasteiger charge is -2.20. The molecule has 4 nitrogen and oxygen atoms in total. The Morgan fingerprint density at radius 1 is 1.33 bits per heavy atom. The molecule has 1 heterocycles. The molecule has 1 aliphatic heterocycles. The third-order valence-electron chi connectivity index (χ3n) is 5.01. The summed E-state index contributed by atoms with van der Waals surface area (Å²) in [6.45, 7) is 7.84.